The summed E-state index contributed by atoms with van der Waals surface area (Å²) in [7, 11) is 1.24. The first-order chi connectivity index (χ1) is 12.2. The van der Waals surface area contributed by atoms with Gasteiger partial charge in [-0.25, -0.2) is 4.79 Å². The van der Waals surface area contributed by atoms with E-state index >= 15 is 0 Å². The standard InChI is InChI=1S/C18H24F3NO4S/c1-16(2,3)26-15(24)22-13-8-7-12(18(19,20)21)9-11(13)10-27-17(4,5)14(23)25-6/h7-9H,10H2,1-6H3,(H,22,24). The first-order valence-corrected chi connectivity index (χ1v) is 9.07. The van der Waals surface area contributed by atoms with Crippen molar-refractivity contribution in [2.24, 2.45) is 0 Å². The molecule has 152 valence electrons. The lowest BCUT2D eigenvalue weighted by Crippen LogP contribution is -2.29. The largest absolute Gasteiger partial charge is 0.468 e. The maximum absolute atomic E-state index is 13.0. The normalized spacial score (nSPS) is 12.5. The van der Waals surface area contributed by atoms with Crippen molar-refractivity contribution in [2.45, 2.75) is 56.9 Å². The van der Waals surface area contributed by atoms with Gasteiger partial charge < -0.3 is 9.47 Å². The number of thioether (sulfide) groups is 1. The number of carbonyl (C=O) groups excluding carboxylic acids is 2. The third-order valence-electron chi connectivity index (χ3n) is 3.33. The zero-order valence-electron chi connectivity index (χ0n) is 16.1. The van der Waals surface area contributed by atoms with Gasteiger partial charge in [0.2, 0.25) is 0 Å². The number of amides is 1. The number of ether oxygens (including phenoxy) is 2. The number of esters is 1. The van der Waals surface area contributed by atoms with Crippen LogP contribution in [0.5, 0.6) is 0 Å². The van der Waals surface area contributed by atoms with Gasteiger partial charge in [-0.05, 0) is 58.4 Å². The minimum atomic E-state index is -4.53. The van der Waals surface area contributed by atoms with Crippen molar-refractivity contribution in [1.82, 2.24) is 0 Å². The molecule has 0 fully saturated rings. The Hall–Kier alpha value is -1.90. The maximum Gasteiger partial charge on any atom is 0.416 e. The van der Waals surface area contributed by atoms with Crippen molar-refractivity contribution < 1.29 is 32.2 Å². The summed E-state index contributed by atoms with van der Waals surface area (Å²) in [6.07, 6.45) is -5.30. The molecule has 1 rings (SSSR count). The predicted octanol–water partition coefficient (Wildman–Crippen LogP) is 5.24. The molecule has 0 atom stereocenters. The Bertz CT molecular complexity index is 697. The Balaban J connectivity index is 3.12. The molecule has 1 N–H and O–H groups in total. The zero-order valence-corrected chi connectivity index (χ0v) is 16.9. The molecule has 0 aliphatic heterocycles. The van der Waals surface area contributed by atoms with Crippen molar-refractivity contribution in [1.29, 1.82) is 0 Å². The lowest BCUT2D eigenvalue weighted by atomic mass is 10.1. The van der Waals surface area contributed by atoms with Gasteiger partial charge >= 0.3 is 18.2 Å². The lowest BCUT2D eigenvalue weighted by Gasteiger charge is -2.23. The molecule has 0 heterocycles. The van der Waals surface area contributed by atoms with Crippen LogP contribution in [0.1, 0.15) is 45.7 Å². The number of hydrogen-bond acceptors (Lipinski definition) is 5. The maximum atomic E-state index is 13.0. The molecule has 0 saturated heterocycles. The van der Waals surface area contributed by atoms with E-state index in [0.29, 0.717) is 0 Å². The summed E-state index contributed by atoms with van der Waals surface area (Å²) in [6.45, 7) is 8.25. The number of nitrogens with one attached hydrogen (secondary N) is 1. The van der Waals surface area contributed by atoms with Crippen LogP contribution in [0.2, 0.25) is 0 Å². The lowest BCUT2D eigenvalue weighted by molar-refractivity contribution is -0.142. The highest BCUT2D eigenvalue weighted by atomic mass is 32.2. The van der Waals surface area contributed by atoms with Crippen molar-refractivity contribution in [3.05, 3.63) is 29.3 Å². The fourth-order valence-electron chi connectivity index (χ4n) is 1.99. The molecule has 9 heteroatoms. The van der Waals surface area contributed by atoms with E-state index in [4.69, 9.17) is 9.47 Å². The van der Waals surface area contributed by atoms with Crippen LogP contribution in [0.4, 0.5) is 23.7 Å². The summed E-state index contributed by atoms with van der Waals surface area (Å²) in [5.41, 5.74) is -1.19. The third kappa shape index (κ3) is 7.32. The minimum absolute atomic E-state index is 0.0527. The zero-order chi connectivity index (χ0) is 21.0. The van der Waals surface area contributed by atoms with Crippen LogP contribution in [0.15, 0.2) is 18.2 Å². The van der Waals surface area contributed by atoms with E-state index in [-0.39, 0.29) is 17.0 Å². The fourth-order valence-corrected chi connectivity index (χ4v) is 2.94. The molecule has 0 radical (unpaired) electrons. The average Bonchev–Trinajstić information content (AvgIpc) is 2.50. The summed E-state index contributed by atoms with van der Waals surface area (Å²) in [4.78, 5) is 23.8. The third-order valence-corrected chi connectivity index (χ3v) is 4.68. The van der Waals surface area contributed by atoms with Crippen molar-refractivity contribution in [3.8, 4) is 0 Å². The van der Waals surface area contributed by atoms with Gasteiger partial charge in [0, 0.05) is 11.4 Å². The van der Waals surface area contributed by atoms with Crippen molar-refractivity contribution in [2.75, 3.05) is 12.4 Å². The molecule has 1 amide bonds. The van der Waals surface area contributed by atoms with Crippen molar-refractivity contribution in [3.63, 3.8) is 0 Å². The fraction of sp³-hybridized carbons (Fsp3) is 0.556. The number of methoxy groups -OCH3 is 1. The van der Waals surface area contributed by atoms with E-state index in [2.05, 4.69) is 5.32 Å². The molecule has 0 aromatic heterocycles. The predicted molar refractivity (Wildman–Crippen MR) is 98.7 cm³/mol. The molecule has 0 saturated carbocycles. The number of anilines is 1. The van der Waals surface area contributed by atoms with Crippen LogP contribution >= 0.6 is 11.8 Å². The monoisotopic (exact) mass is 407 g/mol. The van der Waals surface area contributed by atoms with Crippen LogP contribution in [0, 0.1) is 0 Å². The van der Waals surface area contributed by atoms with E-state index in [1.165, 1.54) is 13.2 Å². The summed E-state index contributed by atoms with van der Waals surface area (Å²) in [5.74, 6) is -0.446. The summed E-state index contributed by atoms with van der Waals surface area (Å²) in [5, 5.41) is 2.47. The van der Waals surface area contributed by atoms with E-state index in [9.17, 15) is 22.8 Å². The number of halogens is 3. The van der Waals surface area contributed by atoms with E-state index in [0.717, 1.165) is 23.9 Å². The van der Waals surface area contributed by atoms with Gasteiger partial charge in [-0.15, -0.1) is 11.8 Å². The molecule has 27 heavy (non-hydrogen) atoms. The SMILES string of the molecule is COC(=O)C(C)(C)SCc1cc(C(F)(F)F)ccc1NC(=O)OC(C)(C)C. The van der Waals surface area contributed by atoms with Crippen LogP contribution in [-0.2, 0) is 26.2 Å². The number of hydrogen-bond donors (Lipinski definition) is 1. The molecular formula is C18H24F3NO4S. The van der Waals surface area contributed by atoms with Gasteiger partial charge in [0.1, 0.15) is 10.3 Å². The molecule has 0 bridgehead atoms. The number of rotatable bonds is 5. The molecule has 0 aliphatic rings. The van der Waals surface area contributed by atoms with Crippen molar-refractivity contribution >= 4 is 29.5 Å². The van der Waals surface area contributed by atoms with E-state index < -0.39 is 34.2 Å². The Morgan fingerprint density at radius 1 is 1.11 bits per heavy atom. The van der Waals surface area contributed by atoms with Crippen LogP contribution < -0.4 is 5.32 Å². The van der Waals surface area contributed by atoms with Gasteiger partial charge in [-0.2, -0.15) is 13.2 Å². The van der Waals surface area contributed by atoms with Crippen LogP contribution in [-0.4, -0.2) is 29.5 Å². The quantitative estimate of drug-likeness (QED) is 0.677. The second-order valence-electron chi connectivity index (χ2n) is 7.29. The molecule has 5 nitrogen and oxygen atoms in total. The molecular weight excluding hydrogens is 383 g/mol. The van der Waals surface area contributed by atoms with E-state index in [1.54, 1.807) is 34.6 Å². The molecule has 1 aromatic rings. The molecule has 0 aliphatic carbocycles. The minimum Gasteiger partial charge on any atom is -0.468 e. The highest BCUT2D eigenvalue weighted by Gasteiger charge is 2.33. The topological polar surface area (TPSA) is 64.6 Å². The van der Waals surface area contributed by atoms with Gasteiger partial charge in [0.05, 0.1) is 12.7 Å². The number of benzene rings is 1. The first-order valence-electron chi connectivity index (χ1n) is 8.08. The van der Waals surface area contributed by atoms with Gasteiger partial charge in [-0.3, -0.25) is 10.1 Å². The van der Waals surface area contributed by atoms with Gasteiger partial charge in [0.15, 0.2) is 0 Å². The van der Waals surface area contributed by atoms with Gasteiger partial charge in [0.25, 0.3) is 0 Å². The molecule has 1 aromatic carbocycles. The Kier molecular flexibility index (Phi) is 7.21. The van der Waals surface area contributed by atoms with Crippen LogP contribution in [0.3, 0.4) is 0 Å². The summed E-state index contributed by atoms with van der Waals surface area (Å²) < 4.78 is 48.0. The second-order valence-corrected chi connectivity index (χ2v) is 8.89. The second kappa shape index (κ2) is 8.41. The average molecular weight is 407 g/mol. The van der Waals surface area contributed by atoms with E-state index in [1.807, 2.05) is 0 Å². The molecule has 0 unspecified atom stereocenters. The van der Waals surface area contributed by atoms with Crippen LogP contribution in [0.25, 0.3) is 0 Å². The first kappa shape index (κ1) is 23.1. The molecule has 0 spiro atoms. The Labute approximate surface area is 161 Å². The number of alkyl halides is 3. The summed E-state index contributed by atoms with van der Waals surface area (Å²) >= 11 is 1.10. The Morgan fingerprint density at radius 2 is 1.70 bits per heavy atom. The highest BCUT2D eigenvalue weighted by molar-refractivity contribution is 8.00. The van der Waals surface area contributed by atoms with Gasteiger partial charge in [-0.1, -0.05) is 0 Å². The number of carbonyl (C=O) groups is 2. The summed E-state index contributed by atoms with van der Waals surface area (Å²) in [6, 6.07) is 3.01. The smallest absolute Gasteiger partial charge is 0.416 e. The Morgan fingerprint density at radius 3 is 2.19 bits per heavy atom. The highest BCUT2D eigenvalue weighted by Crippen LogP contribution is 2.36.